The molecule has 1 saturated heterocycles. The summed E-state index contributed by atoms with van der Waals surface area (Å²) in [6.45, 7) is 3.35. The lowest BCUT2D eigenvalue weighted by Crippen LogP contribution is -2.39. The van der Waals surface area contributed by atoms with Crippen molar-refractivity contribution in [3.8, 4) is 0 Å². The Balaban J connectivity index is 2.18. The van der Waals surface area contributed by atoms with Crippen LogP contribution in [0.2, 0.25) is 0 Å². The normalized spacial score (nSPS) is 19.2. The Hall–Kier alpha value is -0.970. The number of nitrogens with zero attached hydrogens (tertiary/aromatic N) is 1. The van der Waals surface area contributed by atoms with Gasteiger partial charge in [-0.3, -0.25) is 10.6 Å². The maximum atomic E-state index is 13.8. The predicted molar refractivity (Wildman–Crippen MR) is 64.1 cm³/mol. The van der Waals surface area contributed by atoms with Gasteiger partial charge in [0, 0.05) is 31.2 Å². The molecule has 1 heterocycles. The third-order valence-electron chi connectivity index (χ3n) is 3.17. The third-order valence-corrected chi connectivity index (χ3v) is 3.17. The van der Waals surface area contributed by atoms with Crippen LogP contribution in [0.4, 0.5) is 4.39 Å². The monoisotopic (exact) mass is 237 g/mol. The molecule has 1 N–H and O–H groups in total. The van der Waals surface area contributed by atoms with Gasteiger partial charge < -0.3 is 4.74 Å². The van der Waals surface area contributed by atoms with Crippen molar-refractivity contribution in [2.75, 3.05) is 32.8 Å². The van der Waals surface area contributed by atoms with Crippen molar-refractivity contribution in [1.29, 1.82) is 0 Å². The first-order valence-electron chi connectivity index (χ1n) is 6.03. The molecule has 1 unspecified atom stereocenters. The fourth-order valence-electron chi connectivity index (χ4n) is 2.31. The summed E-state index contributed by atoms with van der Waals surface area (Å²) in [6, 6.07) is 6.89. The lowest BCUT2D eigenvalue weighted by Gasteiger charge is -2.34. The van der Waals surface area contributed by atoms with Gasteiger partial charge in [0.1, 0.15) is 5.82 Å². The number of benzene rings is 1. The van der Waals surface area contributed by atoms with E-state index in [0.717, 1.165) is 13.1 Å². The minimum Gasteiger partial charge on any atom is -0.379 e. The number of hydrogen-bond acceptors (Lipinski definition) is 2. The molecule has 1 fully saturated rings. The van der Waals surface area contributed by atoms with E-state index in [1.54, 1.807) is 6.07 Å². The van der Waals surface area contributed by atoms with Gasteiger partial charge in [0.25, 0.3) is 0 Å². The van der Waals surface area contributed by atoms with E-state index in [9.17, 15) is 4.39 Å². The van der Waals surface area contributed by atoms with E-state index >= 15 is 0 Å². The average Bonchev–Trinajstić information content (AvgIpc) is 2.38. The highest BCUT2D eigenvalue weighted by atomic mass is 19.1. The molecule has 2 rings (SSSR count). The largest absolute Gasteiger partial charge is 0.379 e. The molecule has 0 aromatic heterocycles. The number of halogens is 1. The molecule has 0 spiro atoms. The van der Waals surface area contributed by atoms with Gasteiger partial charge in [-0.2, -0.15) is 0 Å². The summed E-state index contributed by atoms with van der Waals surface area (Å²) in [7, 11) is 0. The van der Waals surface area contributed by atoms with E-state index in [2.05, 4.69) is 4.90 Å². The van der Waals surface area contributed by atoms with Crippen LogP contribution in [-0.4, -0.2) is 37.7 Å². The van der Waals surface area contributed by atoms with Crippen LogP contribution in [0, 0.1) is 5.82 Å². The van der Waals surface area contributed by atoms with Crippen LogP contribution in [0.15, 0.2) is 24.3 Å². The van der Waals surface area contributed by atoms with E-state index in [4.69, 9.17) is 10.5 Å². The highest BCUT2D eigenvalue weighted by molar-refractivity contribution is 5.21. The number of ether oxygens (including phenoxy) is 1. The van der Waals surface area contributed by atoms with E-state index in [1.807, 2.05) is 12.1 Å². The highest BCUT2D eigenvalue weighted by Crippen LogP contribution is 2.26. The maximum absolute atomic E-state index is 13.8. The van der Waals surface area contributed by atoms with Crippen LogP contribution in [0.3, 0.4) is 0 Å². The molecule has 1 atom stereocenters. The Kier molecular flexibility index (Phi) is 4.48. The molecule has 1 aromatic rings. The quantitative estimate of drug-likeness (QED) is 0.801. The Morgan fingerprint density at radius 2 is 2.00 bits per heavy atom. The molecule has 1 radical (unpaired) electrons. The summed E-state index contributed by atoms with van der Waals surface area (Å²) in [6.07, 6.45) is 0.668. The number of hydrogen-bond donors (Lipinski definition) is 0. The smallest absolute Gasteiger partial charge is 0.127 e. The fourth-order valence-corrected chi connectivity index (χ4v) is 2.31. The first kappa shape index (κ1) is 12.5. The standard InChI is InChI=1S/C13H18FN2O/c14-12-4-2-1-3-11(12)13(5-6-15)16-7-9-17-10-8-16/h1-4,13,15H,5-10H2. The van der Waals surface area contributed by atoms with Crippen molar-refractivity contribution in [3.05, 3.63) is 35.6 Å². The van der Waals surface area contributed by atoms with E-state index in [-0.39, 0.29) is 11.9 Å². The van der Waals surface area contributed by atoms with Crippen LogP contribution in [-0.2, 0) is 4.74 Å². The molecule has 93 valence electrons. The van der Waals surface area contributed by atoms with Crippen molar-refractivity contribution >= 4 is 0 Å². The van der Waals surface area contributed by atoms with Gasteiger partial charge in [0.05, 0.1) is 13.2 Å². The zero-order chi connectivity index (χ0) is 12.1. The molecule has 0 amide bonds. The molecule has 0 bridgehead atoms. The SMILES string of the molecule is [NH]CCC(c1ccccc1F)N1CCOCC1. The van der Waals surface area contributed by atoms with E-state index in [0.29, 0.717) is 31.7 Å². The summed E-state index contributed by atoms with van der Waals surface area (Å²) in [5.74, 6) is -0.169. The van der Waals surface area contributed by atoms with Crippen LogP contribution in [0.1, 0.15) is 18.0 Å². The Morgan fingerprint density at radius 3 is 2.65 bits per heavy atom. The summed E-state index contributed by atoms with van der Waals surface area (Å²) in [5, 5.41) is 0. The zero-order valence-corrected chi connectivity index (χ0v) is 9.86. The predicted octanol–water partition coefficient (Wildman–Crippen LogP) is 1.87. The maximum Gasteiger partial charge on any atom is 0.127 e. The Morgan fingerprint density at radius 1 is 1.29 bits per heavy atom. The van der Waals surface area contributed by atoms with Crippen molar-refractivity contribution < 1.29 is 9.13 Å². The van der Waals surface area contributed by atoms with Gasteiger partial charge in [0.15, 0.2) is 0 Å². The Labute approximate surface area is 101 Å². The van der Waals surface area contributed by atoms with Crippen LogP contribution in [0.5, 0.6) is 0 Å². The second-order valence-electron chi connectivity index (χ2n) is 4.22. The van der Waals surface area contributed by atoms with Crippen molar-refractivity contribution in [3.63, 3.8) is 0 Å². The first-order chi connectivity index (χ1) is 8.33. The van der Waals surface area contributed by atoms with Crippen molar-refractivity contribution in [1.82, 2.24) is 10.6 Å². The van der Waals surface area contributed by atoms with Crippen LogP contribution >= 0.6 is 0 Å². The average molecular weight is 237 g/mol. The van der Waals surface area contributed by atoms with Gasteiger partial charge in [-0.05, 0) is 12.5 Å². The minimum absolute atomic E-state index is 0.0117. The molecule has 0 saturated carbocycles. The lowest BCUT2D eigenvalue weighted by molar-refractivity contribution is 0.0139. The van der Waals surface area contributed by atoms with E-state index < -0.39 is 0 Å². The van der Waals surface area contributed by atoms with Gasteiger partial charge in [-0.25, -0.2) is 4.39 Å². The fraction of sp³-hybridized carbons (Fsp3) is 0.538. The summed E-state index contributed by atoms with van der Waals surface area (Å²) in [5.41, 5.74) is 8.10. The Bertz CT molecular complexity index is 353. The number of nitrogens with one attached hydrogen (secondary N) is 1. The third kappa shape index (κ3) is 3.03. The van der Waals surface area contributed by atoms with Crippen molar-refractivity contribution in [2.24, 2.45) is 0 Å². The minimum atomic E-state index is -0.169. The zero-order valence-electron chi connectivity index (χ0n) is 9.86. The van der Waals surface area contributed by atoms with Gasteiger partial charge in [0.2, 0.25) is 0 Å². The van der Waals surface area contributed by atoms with Gasteiger partial charge in [-0.15, -0.1) is 0 Å². The molecule has 1 aliphatic rings. The first-order valence-corrected chi connectivity index (χ1v) is 6.03. The van der Waals surface area contributed by atoms with E-state index in [1.165, 1.54) is 6.07 Å². The highest BCUT2D eigenvalue weighted by Gasteiger charge is 2.23. The second kappa shape index (κ2) is 6.10. The van der Waals surface area contributed by atoms with Crippen LogP contribution in [0.25, 0.3) is 0 Å². The molecular weight excluding hydrogens is 219 g/mol. The second-order valence-corrected chi connectivity index (χ2v) is 4.22. The topological polar surface area (TPSA) is 36.3 Å². The molecular formula is C13H18FN2O. The molecule has 4 heteroatoms. The van der Waals surface area contributed by atoms with Crippen molar-refractivity contribution in [2.45, 2.75) is 12.5 Å². The molecule has 0 aliphatic carbocycles. The molecule has 1 aliphatic heterocycles. The molecule has 17 heavy (non-hydrogen) atoms. The summed E-state index contributed by atoms with van der Waals surface area (Å²) < 4.78 is 19.1. The molecule has 1 aromatic carbocycles. The van der Waals surface area contributed by atoms with Gasteiger partial charge >= 0.3 is 0 Å². The lowest BCUT2D eigenvalue weighted by atomic mass is 10.0. The number of morpholine rings is 1. The summed E-state index contributed by atoms with van der Waals surface area (Å²) >= 11 is 0. The molecule has 3 nitrogen and oxygen atoms in total. The van der Waals surface area contributed by atoms with Gasteiger partial charge in [-0.1, -0.05) is 18.2 Å². The van der Waals surface area contributed by atoms with Crippen LogP contribution < -0.4 is 5.73 Å². The summed E-state index contributed by atoms with van der Waals surface area (Å²) in [4.78, 5) is 2.22. The number of rotatable bonds is 4.